The Bertz CT molecular complexity index is 954. The molecule has 2 aromatic rings. The van der Waals surface area contributed by atoms with Gasteiger partial charge in [0.2, 0.25) is 0 Å². The first-order valence-electron chi connectivity index (χ1n) is 8.66. The van der Waals surface area contributed by atoms with Crippen LogP contribution in [0.5, 0.6) is 5.75 Å². The number of aromatic nitrogens is 2. The van der Waals surface area contributed by atoms with Crippen molar-refractivity contribution in [2.24, 2.45) is 0 Å². The van der Waals surface area contributed by atoms with Crippen LogP contribution in [-0.2, 0) is 22.3 Å². The van der Waals surface area contributed by atoms with Gasteiger partial charge < -0.3 is 19.3 Å². The van der Waals surface area contributed by atoms with Gasteiger partial charge in [-0.25, -0.2) is 4.79 Å². The zero-order valence-electron chi connectivity index (χ0n) is 15.3. The molecule has 3 atom stereocenters. The second-order valence-electron chi connectivity index (χ2n) is 6.45. The van der Waals surface area contributed by atoms with Crippen molar-refractivity contribution < 1.29 is 32.5 Å². The molecule has 1 aliphatic heterocycles. The first kappa shape index (κ1) is 21.1. The lowest BCUT2D eigenvalue weighted by Crippen LogP contribution is -2.36. The predicted molar refractivity (Wildman–Crippen MR) is 93.5 cm³/mol. The molecule has 3 rings (SSSR count). The molecular formula is C18H19F3N2O6. The third-order valence-corrected chi connectivity index (χ3v) is 4.57. The Hall–Kier alpha value is -2.63. The molecule has 0 radical (unpaired) electrons. The number of H-pyrrole nitrogens is 1. The Morgan fingerprint density at radius 3 is 2.55 bits per heavy atom. The number of nitrogens with zero attached hydrogens (tertiary/aromatic N) is 1. The van der Waals surface area contributed by atoms with Crippen LogP contribution in [0.1, 0.15) is 23.8 Å². The molecule has 1 aromatic heterocycles. The third kappa shape index (κ3) is 4.69. The molecule has 2 heterocycles. The van der Waals surface area contributed by atoms with Crippen molar-refractivity contribution >= 4 is 0 Å². The zero-order valence-corrected chi connectivity index (χ0v) is 15.3. The van der Waals surface area contributed by atoms with Crippen LogP contribution in [0.3, 0.4) is 0 Å². The van der Waals surface area contributed by atoms with E-state index in [9.17, 15) is 27.9 Å². The van der Waals surface area contributed by atoms with E-state index in [1.165, 1.54) is 7.11 Å². The van der Waals surface area contributed by atoms with E-state index in [1.54, 1.807) is 29.2 Å². The fourth-order valence-corrected chi connectivity index (χ4v) is 3.04. The van der Waals surface area contributed by atoms with E-state index in [2.05, 4.69) is 0 Å². The Kier molecular flexibility index (Phi) is 6.10. The Morgan fingerprint density at radius 2 is 1.97 bits per heavy atom. The molecule has 1 saturated heterocycles. The van der Waals surface area contributed by atoms with Gasteiger partial charge in [0.1, 0.15) is 23.6 Å². The molecule has 0 saturated carbocycles. The van der Waals surface area contributed by atoms with Gasteiger partial charge in [0, 0.05) is 12.6 Å². The predicted octanol–water partition coefficient (Wildman–Crippen LogP) is 1.43. The molecule has 1 unspecified atom stereocenters. The number of aliphatic hydroxyl groups excluding tert-OH is 1. The van der Waals surface area contributed by atoms with Gasteiger partial charge in [-0.2, -0.15) is 13.2 Å². The van der Waals surface area contributed by atoms with Crippen molar-refractivity contribution in [1.29, 1.82) is 0 Å². The summed E-state index contributed by atoms with van der Waals surface area (Å²) in [7, 11) is 1.54. The number of alkyl halides is 3. The molecule has 1 aliphatic rings. The highest BCUT2D eigenvalue weighted by Gasteiger charge is 2.39. The molecule has 0 bridgehead atoms. The number of methoxy groups -OCH3 is 1. The Morgan fingerprint density at radius 1 is 1.28 bits per heavy atom. The fourth-order valence-electron chi connectivity index (χ4n) is 3.04. The van der Waals surface area contributed by atoms with Crippen LogP contribution >= 0.6 is 0 Å². The van der Waals surface area contributed by atoms with Gasteiger partial charge in [-0.05, 0) is 17.7 Å². The summed E-state index contributed by atoms with van der Waals surface area (Å²) in [5.41, 5.74) is -3.27. The average molecular weight is 416 g/mol. The summed E-state index contributed by atoms with van der Waals surface area (Å²) in [5.74, 6) is 0.671. The van der Waals surface area contributed by atoms with E-state index in [0.29, 0.717) is 16.5 Å². The molecular weight excluding hydrogens is 397 g/mol. The van der Waals surface area contributed by atoms with Crippen LogP contribution in [0.25, 0.3) is 0 Å². The maximum absolute atomic E-state index is 13.0. The quantitative estimate of drug-likeness (QED) is 0.739. The summed E-state index contributed by atoms with van der Waals surface area (Å²) in [6, 6.07) is 7.05. The lowest BCUT2D eigenvalue weighted by molar-refractivity contribution is -0.139. The fraction of sp³-hybridized carbons (Fsp3) is 0.444. The molecule has 2 N–H and O–H groups in total. The summed E-state index contributed by atoms with van der Waals surface area (Å²) in [5, 5.41) is 9.52. The first-order valence-corrected chi connectivity index (χ1v) is 8.66. The van der Waals surface area contributed by atoms with Gasteiger partial charge in [-0.1, -0.05) is 12.1 Å². The molecule has 158 valence electrons. The number of ether oxygens (including phenoxy) is 3. The highest BCUT2D eigenvalue weighted by Crippen LogP contribution is 2.32. The number of halogens is 3. The van der Waals surface area contributed by atoms with Gasteiger partial charge >= 0.3 is 11.9 Å². The van der Waals surface area contributed by atoms with Crippen molar-refractivity contribution in [2.45, 2.75) is 37.6 Å². The second-order valence-corrected chi connectivity index (χ2v) is 6.45. The molecule has 0 spiro atoms. The lowest BCUT2D eigenvalue weighted by Gasteiger charge is -2.17. The Balaban J connectivity index is 1.76. The normalized spacial score (nSPS) is 22.0. The number of aliphatic hydroxyl groups is 1. The van der Waals surface area contributed by atoms with Crippen LogP contribution in [0.4, 0.5) is 13.2 Å². The van der Waals surface area contributed by atoms with Crippen LogP contribution in [0, 0.1) is 0 Å². The summed E-state index contributed by atoms with van der Waals surface area (Å²) >= 11 is 0. The smallest absolute Gasteiger partial charge is 0.423 e. The van der Waals surface area contributed by atoms with Gasteiger partial charge in [0.25, 0.3) is 5.56 Å². The van der Waals surface area contributed by atoms with Gasteiger partial charge in [-0.3, -0.25) is 14.3 Å². The van der Waals surface area contributed by atoms with Gasteiger partial charge in [0.05, 0.1) is 26.4 Å². The second kappa shape index (κ2) is 8.39. The van der Waals surface area contributed by atoms with E-state index in [4.69, 9.17) is 14.2 Å². The summed E-state index contributed by atoms with van der Waals surface area (Å²) in [6.45, 7) is -0.288. The first-order chi connectivity index (χ1) is 13.7. The van der Waals surface area contributed by atoms with Crippen molar-refractivity contribution in [2.75, 3.05) is 13.7 Å². The van der Waals surface area contributed by atoms with E-state index in [1.807, 2.05) is 0 Å². The van der Waals surface area contributed by atoms with E-state index >= 15 is 0 Å². The number of nitrogens with one attached hydrogen (secondary N) is 1. The standard InChI is InChI=1S/C18H19F3N2O6/c1-27-11-4-2-10(3-5-11)9-28-13-6-15(29-14(13)8-24)23-7-12(18(19,20)21)16(25)22-17(23)26/h2-5,7,13-15,24H,6,8-9H2,1H3,(H,22,25,26)/t13?,14-,15-/m0/s1. The van der Waals surface area contributed by atoms with Crippen molar-refractivity contribution in [1.82, 2.24) is 9.55 Å². The average Bonchev–Trinajstić information content (AvgIpc) is 3.08. The van der Waals surface area contributed by atoms with Crippen LogP contribution in [-0.4, -0.2) is 40.6 Å². The number of hydrogen-bond donors (Lipinski definition) is 2. The summed E-state index contributed by atoms with van der Waals surface area (Å²) in [4.78, 5) is 25.1. The van der Waals surface area contributed by atoms with Gasteiger partial charge in [-0.15, -0.1) is 0 Å². The SMILES string of the molecule is COc1ccc(COC2C[C@@H](n3cc(C(F)(F)F)c(=O)[nH]c3=O)O[C@H]2CO)cc1. The molecule has 0 aliphatic carbocycles. The minimum absolute atomic E-state index is 0.0185. The summed E-state index contributed by atoms with van der Waals surface area (Å²) in [6.07, 6.45) is -7.12. The van der Waals surface area contributed by atoms with Crippen LogP contribution in [0.15, 0.2) is 40.1 Å². The Labute approximate surface area is 162 Å². The van der Waals surface area contributed by atoms with Crippen molar-refractivity contribution in [3.8, 4) is 5.75 Å². The molecule has 11 heteroatoms. The van der Waals surface area contributed by atoms with Crippen molar-refractivity contribution in [3.05, 3.63) is 62.4 Å². The topological polar surface area (TPSA) is 103 Å². The molecule has 1 fully saturated rings. The largest absolute Gasteiger partial charge is 0.497 e. The molecule has 1 aromatic carbocycles. The number of benzene rings is 1. The minimum Gasteiger partial charge on any atom is -0.497 e. The van der Waals surface area contributed by atoms with Crippen LogP contribution < -0.4 is 16.0 Å². The molecule has 29 heavy (non-hydrogen) atoms. The van der Waals surface area contributed by atoms with Crippen LogP contribution in [0.2, 0.25) is 0 Å². The maximum Gasteiger partial charge on any atom is 0.423 e. The zero-order chi connectivity index (χ0) is 21.2. The number of rotatable bonds is 6. The van der Waals surface area contributed by atoms with Crippen molar-refractivity contribution in [3.63, 3.8) is 0 Å². The lowest BCUT2D eigenvalue weighted by atomic mass is 10.1. The highest BCUT2D eigenvalue weighted by molar-refractivity contribution is 5.26. The van der Waals surface area contributed by atoms with E-state index in [-0.39, 0.29) is 13.0 Å². The summed E-state index contributed by atoms with van der Waals surface area (Å²) < 4.78 is 55.9. The van der Waals surface area contributed by atoms with E-state index < -0.39 is 48.0 Å². The number of hydrogen-bond acceptors (Lipinski definition) is 6. The minimum atomic E-state index is -4.93. The molecule has 8 nitrogen and oxygen atoms in total. The number of aromatic amines is 1. The maximum atomic E-state index is 13.0. The van der Waals surface area contributed by atoms with Gasteiger partial charge in [0.15, 0.2) is 0 Å². The monoisotopic (exact) mass is 416 g/mol. The van der Waals surface area contributed by atoms with E-state index in [0.717, 1.165) is 5.56 Å². The third-order valence-electron chi connectivity index (χ3n) is 4.57. The molecule has 0 amide bonds. The highest BCUT2D eigenvalue weighted by atomic mass is 19.4.